The van der Waals surface area contributed by atoms with Crippen molar-refractivity contribution in [2.45, 2.75) is 91.5 Å². The molecule has 1 atom stereocenters. The number of primary amides is 1. The Labute approximate surface area is 240 Å². The van der Waals surface area contributed by atoms with Crippen LogP contribution in [0.3, 0.4) is 0 Å². The third kappa shape index (κ3) is 13.4. The number of amides is 2. The lowest BCUT2D eigenvalue weighted by atomic mass is 10.00. The molecule has 7 heteroatoms. The summed E-state index contributed by atoms with van der Waals surface area (Å²) in [4.78, 5) is 25.4. The van der Waals surface area contributed by atoms with Gasteiger partial charge in [-0.05, 0) is 86.2 Å². The van der Waals surface area contributed by atoms with Crippen molar-refractivity contribution in [3.63, 3.8) is 0 Å². The summed E-state index contributed by atoms with van der Waals surface area (Å²) in [5, 5.41) is 3.51. The fraction of sp³-hybridized carbons (Fsp3) is 0.576. The monoisotopic (exact) mass is 555 g/mol. The molecule has 0 aliphatic rings. The molecule has 2 rings (SSSR count). The van der Waals surface area contributed by atoms with Crippen molar-refractivity contribution in [3.8, 4) is 5.75 Å². The second kappa shape index (κ2) is 19.2. The van der Waals surface area contributed by atoms with Crippen molar-refractivity contribution in [3.05, 3.63) is 65.0 Å². The summed E-state index contributed by atoms with van der Waals surface area (Å²) in [5.41, 5.74) is 8.82. The van der Waals surface area contributed by atoms with E-state index in [2.05, 4.69) is 43.4 Å². The van der Waals surface area contributed by atoms with E-state index in [1.54, 1.807) is 6.07 Å². The molecule has 0 aliphatic heterocycles. The SMILES string of the molecule is CCCC(CCN(CCC)C(=O)CCC(N)=O)COc1cc(F)cc(CCCCNCc2cccc(CC)c2)c1. The number of unbranched alkanes of at least 4 members (excludes halogenated alkanes) is 1. The lowest BCUT2D eigenvalue weighted by Gasteiger charge is -2.25. The maximum Gasteiger partial charge on any atom is 0.223 e. The number of carbonyl (C=O) groups is 2. The Hall–Kier alpha value is -2.93. The van der Waals surface area contributed by atoms with Crippen LogP contribution in [0, 0.1) is 11.7 Å². The molecule has 0 aliphatic carbocycles. The number of ether oxygens (including phenoxy) is 1. The molecule has 222 valence electrons. The minimum Gasteiger partial charge on any atom is -0.493 e. The van der Waals surface area contributed by atoms with Crippen LogP contribution in [0.15, 0.2) is 42.5 Å². The van der Waals surface area contributed by atoms with Gasteiger partial charge in [0.2, 0.25) is 11.8 Å². The van der Waals surface area contributed by atoms with Gasteiger partial charge in [0, 0.05) is 38.5 Å². The Bertz CT molecular complexity index is 1030. The molecule has 0 saturated heterocycles. The normalized spacial score (nSPS) is 11.8. The molecule has 2 aromatic carbocycles. The molecule has 2 aromatic rings. The van der Waals surface area contributed by atoms with Gasteiger partial charge in [0.1, 0.15) is 11.6 Å². The third-order valence-electron chi connectivity index (χ3n) is 7.15. The van der Waals surface area contributed by atoms with Gasteiger partial charge in [-0.1, -0.05) is 51.5 Å². The summed E-state index contributed by atoms with van der Waals surface area (Å²) in [7, 11) is 0. The Morgan fingerprint density at radius 2 is 1.75 bits per heavy atom. The number of nitrogens with one attached hydrogen (secondary N) is 1. The average molecular weight is 556 g/mol. The Morgan fingerprint density at radius 3 is 2.48 bits per heavy atom. The summed E-state index contributed by atoms with van der Waals surface area (Å²) in [6, 6.07) is 13.7. The lowest BCUT2D eigenvalue weighted by Crippen LogP contribution is -2.34. The first kappa shape index (κ1) is 33.3. The van der Waals surface area contributed by atoms with E-state index in [4.69, 9.17) is 10.5 Å². The molecule has 0 saturated carbocycles. The van der Waals surface area contributed by atoms with Gasteiger partial charge < -0.3 is 20.7 Å². The predicted octanol–water partition coefficient (Wildman–Crippen LogP) is 6.19. The molecule has 0 spiro atoms. The molecule has 6 nitrogen and oxygen atoms in total. The highest BCUT2D eigenvalue weighted by atomic mass is 19.1. The van der Waals surface area contributed by atoms with E-state index in [9.17, 15) is 14.0 Å². The Morgan fingerprint density at radius 1 is 0.950 bits per heavy atom. The highest BCUT2D eigenvalue weighted by Crippen LogP contribution is 2.21. The van der Waals surface area contributed by atoms with Crippen molar-refractivity contribution < 1.29 is 18.7 Å². The van der Waals surface area contributed by atoms with Gasteiger partial charge in [-0.2, -0.15) is 0 Å². The second-order valence-electron chi connectivity index (χ2n) is 10.7. The highest BCUT2D eigenvalue weighted by molar-refractivity contribution is 5.82. The number of nitrogens with zero attached hydrogens (tertiary/aromatic N) is 1. The van der Waals surface area contributed by atoms with E-state index in [0.717, 1.165) is 70.0 Å². The third-order valence-corrected chi connectivity index (χ3v) is 7.15. The van der Waals surface area contributed by atoms with E-state index < -0.39 is 5.91 Å². The fourth-order valence-corrected chi connectivity index (χ4v) is 4.91. The van der Waals surface area contributed by atoms with Crippen molar-refractivity contribution in [1.29, 1.82) is 0 Å². The standard InChI is InChI=1S/C33H50FN3O3/c1-4-10-27(16-19-37(18-5-2)33(39)15-14-32(35)38)25-40-31-22-28(21-30(34)23-31)11-7-8-17-36-24-29-13-9-12-26(6-3)20-29/h9,12-13,20-23,27,36H,4-8,10-11,14-19,24-25H2,1-3H3,(H2,35,38). The number of rotatable bonds is 21. The Balaban J connectivity index is 1.79. The number of hydrogen-bond donors (Lipinski definition) is 2. The zero-order valence-corrected chi connectivity index (χ0v) is 24.9. The van der Waals surface area contributed by atoms with Crippen LogP contribution in [0.25, 0.3) is 0 Å². The summed E-state index contributed by atoms with van der Waals surface area (Å²) >= 11 is 0. The smallest absolute Gasteiger partial charge is 0.223 e. The van der Waals surface area contributed by atoms with Crippen LogP contribution in [-0.2, 0) is 29.0 Å². The minimum absolute atomic E-state index is 0.0347. The number of aryl methyl sites for hydroxylation is 2. The number of carbonyl (C=O) groups excluding carboxylic acids is 2. The molecule has 40 heavy (non-hydrogen) atoms. The first-order valence-electron chi connectivity index (χ1n) is 15.1. The molecule has 1 unspecified atom stereocenters. The lowest BCUT2D eigenvalue weighted by molar-refractivity contribution is -0.133. The van der Waals surface area contributed by atoms with E-state index in [1.165, 1.54) is 17.2 Å². The molecule has 0 heterocycles. The first-order chi connectivity index (χ1) is 19.3. The van der Waals surface area contributed by atoms with E-state index in [1.807, 2.05) is 17.9 Å². The fourth-order valence-electron chi connectivity index (χ4n) is 4.91. The topological polar surface area (TPSA) is 84.7 Å². The summed E-state index contributed by atoms with van der Waals surface area (Å²) < 4.78 is 20.4. The summed E-state index contributed by atoms with van der Waals surface area (Å²) in [6.07, 6.45) is 7.69. The quantitative estimate of drug-likeness (QED) is 0.180. The molecule has 0 bridgehead atoms. The molecular formula is C33H50FN3O3. The van der Waals surface area contributed by atoms with Gasteiger partial charge in [-0.15, -0.1) is 0 Å². The number of halogens is 1. The van der Waals surface area contributed by atoms with E-state index in [-0.39, 0.29) is 30.5 Å². The molecule has 0 aromatic heterocycles. The molecule has 2 amide bonds. The minimum atomic E-state index is -0.457. The molecular weight excluding hydrogens is 505 g/mol. The zero-order valence-electron chi connectivity index (χ0n) is 24.9. The van der Waals surface area contributed by atoms with Crippen LogP contribution in [-0.4, -0.2) is 43.0 Å². The van der Waals surface area contributed by atoms with E-state index in [0.29, 0.717) is 25.4 Å². The van der Waals surface area contributed by atoms with Crippen LogP contribution >= 0.6 is 0 Å². The molecule has 0 radical (unpaired) electrons. The van der Waals surface area contributed by atoms with Gasteiger partial charge in [0.05, 0.1) is 6.61 Å². The van der Waals surface area contributed by atoms with Crippen molar-refractivity contribution in [2.24, 2.45) is 11.7 Å². The molecule has 0 fully saturated rings. The van der Waals surface area contributed by atoms with Gasteiger partial charge in [-0.25, -0.2) is 4.39 Å². The summed E-state index contributed by atoms with van der Waals surface area (Å²) in [5.74, 6) is 0.0499. The maximum atomic E-state index is 14.4. The number of hydrogen-bond acceptors (Lipinski definition) is 4. The first-order valence-corrected chi connectivity index (χ1v) is 15.1. The highest BCUT2D eigenvalue weighted by Gasteiger charge is 2.17. The van der Waals surface area contributed by atoms with Crippen molar-refractivity contribution in [2.75, 3.05) is 26.2 Å². The maximum absolute atomic E-state index is 14.4. The number of nitrogens with two attached hydrogens (primary N) is 1. The van der Waals surface area contributed by atoms with Crippen LogP contribution in [0.1, 0.15) is 88.8 Å². The van der Waals surface area contributed by atoms with Crippen LogP contribution in [0.4, 0.5) is 4.39 Å². The largest absolute Gasteiger partial charge is 0.493 e. The predicted molar refractivity (Wildman–Crippen MR) is 161 cm³/mol. The van der Waals surface area contributed by atoms with Gasteiger partial charge >= 0.3 is 0 Å². The van der Waals surface area contributed by atoms with Crippen molar-refractivity contribution >= 4 is 11.8 Å². The van der Waals surface area contributed by atoms with Gasteiger partial charge in [0.25, 0.3) is 0 Å². The second-order valence-corrected chi connectivity index (χ2v) is 10.7. The van der Waals surface area contributed by atoms with E-state index >= 15 is 0 Å². The van der Waals surface area contributed by atoms with Crippen LogP contribution in [0.2, 0.25) is 0 Å². The zero-order chi connectivity index (χ0) is 29.2. The van der Waals surface area contributed by atoms with Crippen LogP contribution in [0.5, 0.6) is 5.75 Å². The summed E-state index contributed by atoms with van der Waals surface area (Å²) in [6.45, 7) is 9.88. The average Bonchev–Trinajstić information content (AvgIpc) is 2.94. The van der Waals surface area contributed by atoms with Gasteiger partial charge in [0.15, 0.2) is 0 Å². The van der Waals surface area contributed by atoms with Crippen LogP contribution < -0.4 is 15.8 Å². The molecule has 3 N–H and O–H groups in total. The Kier molecular flexibility index (Phi) is 16.0. The van der Waals surface area contributed by atoms with Gasteiger partial charge in [-0.3, -0.25) is 9.59 Å². The van der Waals surface area contributed by atoms with Crippen molar-refractivity contribution in [1.82, 2.24) is 10.2 Å². The number of benzene rings is 2.